The molecule has 6 nitrogen and oxygen atoms in total. The summed E-state index contributed by atoms with van der Waals surface area (Å²) in [4.78, 5) is 30.3. The lowest BCUT2D eigenvalue weighted by molar-refractivity contribution is -0.126. The maximum Gasteiger partial charge on any atom is 0.393 e. The van der Waals surface area contributed by atoms with Crippen molar-refractivity contribution in [3.8, 4) is 0 Å². The van der Waals surface area contributed by atoms with Gasteiger partial charge in [-0.15, -0.1) is 0 Å². The number of nitrogens with zero attached hydrogens (tertiary/aromatic N) is 1. The lowest BCUT2D eigenvalue weighted by atomic mass is 10.1. The van der Waals surface area contributed by atoms with E-state index in [0.717, 1.165) is 0 Å². The molecule has 1 atom stereocenters. The van der Waals surface area contributed by atoms with Gasteiger partial charge in [0.15, 0.2) is 0 Å². The van der Waals surface area contributed by atoms with Gasteiger partial charge in [0, 0.05) is 29.9 Å². The van der Waals surface area contributed by atoms with E-state index in [1.807, 2.05) is 36.1 Å². The highest BCUT2D eigenvalue weighted by Crippen LogP contribution is 2.29. The molecule has 0 saturated heterocycles. The highest BCUT2D eigenvalue weighted by molar-refractivity contribution is 6.11. The number of carbonyl (C=O) groups excluding carboxylic acids is 2. The summed E-state index contributed by atoms with van der Waals surface area (Å²) in [5.74, 6) is -1.13. The maximum absolute atomic E-state index is 12.9. The molecule has 1 unspecified atom stereocenters. The molecule has 1 amide bonds. The predicted molar refractivity (Wildman–Crippen MR) is 132 cm³/mol. The van der Waals surface area contributed by atoms with Crippen LogP contribution in [0.1, 0.15) is 44.1 Å². The molecule has 9 heteroatoms. The number of para-hydroxylation sites is 1. The number of amides is 1. The molecule has 1 aromatic carbocycles. The number of allylic oxidation sites excluding steroid dienone is 4. The third-order valence-corrected chi connectivity index (χ3v) is 5.30. The number of carbonyl (C=O) groups is 2. The number of alkyl halides is 3. The van der Waals surface area contributed by atoms with Gasteiger partial charge in [-0.25, -0.2) is 4.79 Å². The van der Waals surface area contributed by atoms with Crippen molar-refractivity contribution in [2.45, 2.75) is 39.8 Å². The zero-order chi connectivity index (χ0) is 26.0. The highest BCUT2D eigenvalue weighted by Gasteiger charge is 2.27. The fraction of sp³-hybridized carbons (Fsp3) is 0.385. The van der Waals surface area contributed by atoms with Gasteiger partial charge in [0.05, 0.1) is 18.7 Å². The highest BCUT2D eigenvalue weighted by atomic mass is 19.4. The summed E-state index contributed by atoms with van der Waals surface area (Å²) in [6.45, 7) is 10.3. The molecule has 0 fully saturated rings. The van der Waals surface area contributed by atoms with Crippen molar-refractivity contribution in [1.82, 2.24) is 9.88 Å². The molecule has 0 bridgehead atoms. The number of rotatable bonds is 12. The Labute approximate surface area is 203 Å². The number of fused-ring (bicyclic) bond motifs is 1. The van der Waals surface area contributed by atoms with Crippen molar-refractivity contribution in [1.29, 1.82) is 0 Å². The van der Waals surface area contributed by atoms with E-state index in [2.05, 4.69) is 16.9 Å². The van der Waals surface area contributed by atoms with Gasteiger partial charge in [0.2, 0.25) is 5.91 Å². The molecular formula is C26H32F3N3O3. The Hall–Kier alpha value is -3.49. The summed E-state index contributed by atoms with van der Waals surface area (Å²) in [6, 6.07) is 7.28. The topological polar surface area (TPSA) is 74.4 Å². The van der Waals surface area contributed by atoms with Crippen molar-refractivity contribution in [2.75, 3.05) is 25.0 Å². The molecule has 2 N–H and O–H groups in total. The molecule has 0 aliphatic rings. The predicted octanol–water partition coefficient (Wildman–Crippen LogP) is 6.21. The van der Waals surface area contributed by atoms with E-state index in [4.69, 9.17) is 4.74 Å². The lowest BCUT2D eigenvalue weighted by Crippen LogP contribution is -2.26. The average Bonchev–Trinajstić information content (AvgIpc) is 3.16. The van der Waals surface area contributed by atoms with Crippen LogP contribution < -0.4 is 5.32 Å². The number of halogens is 3. The number of hydrogen-bond donors (Lipinski definition) is 2. The zero-order valence-corrected chi connectivity index (χ0v) is 20.2. The molecular weight excluding hydrogens is 459 g/mol. The summed E-state index contributed by atoms with van der Waals surface area (Å²) in [5.41, 5.74) is 1.29. The Morgan fingerprint density at radius 2 is 1.94 bits per heavy atom. The average molecular weight is 492 g/mol. The largest absolute Gasteiger partial charge is 0.461 e. The number of aromatic amines is 1. The van der Waals surface area contributed by atoms with Crippen LogP contribution in [0.25, 0.3) is 10.9 Å². The quantitative estimate of drug-likeness (QED) is 0.273. The first-order valence-electron chi connectivity index (χ1n) is 11.5. The Bertz CT molecular complexity index is 1090. The fourth-order valence-corrected chi connectivity index (χ4v) is 3.38. The number of benzene rings is 1. The third-order valence-electron chi connectivity index (χ3n) is 5.30. The first kappa shape index (κ1) is 27.8. The van der Waals surface area contributed by atoms with Crippen LogP contribution in [0.3, 0.4) is 0 Å². The van der Waals surface area contributed by atoms with Crippen LogP contribution in [0, 0.1) is 5.92 Å². The number of H-pyrrole nitrogens is 1. The molecule has 0 aliphatic carbocycles. The number of esters is 1. The van der Waals surface area contributed by atoms with Crippen LogP contribution in [0.2, 0.25) is 0 Å². The third kappa shape index (κ3) is 8.66. The van der Waals surface area contributed by atoms with Gasteiger partial charge in [-0.05, 0) is 44.2 Å². The molecule has 1 heterocycles. The van der Waals surface area contributed by atoms with Crippen LogP contribution >= 0.6 is 0 Å². The Morgan fingerprint density at radius 3 is 2.60 bits per heavy atom. The van der Waals surface area contributed by atoms with Crippen molar-refractivity contribution >= 4 is 28.5 Å². The van der Waals surface area contributed by atoms with Crippen molar-refractivity contribution in [3.63, 3.8) is 0 Å². The van der Waals surface area contributed by atoms with Crippen molar-refractivity contribution in [3.05, 3.63) is 66.5 Å². The summed E-state index contributed by atoms with van der Waals surface area (Å²) in [6.07, 6.45) is 1.47. The molecule has 0 saturated carbocycles. The minimum Gasteiger partial charge on any atom is -0.461 e. The number of aromatic nitrogens is 1. The fourth-order valence-electron chi connectivity index (χ4n) is 3.38. The number of nitrogens with one attached hydrogen (secondary N) is 2. The summed E-state index contributed by atoms with van der Waals surface area (Å²) >= 11 is 0. The number of hydrogen-bond acceptors (Lipinski definition) is 4. The van der Waals surface area contributed by atoms with Gasteiger partial charge >= 0.3 is 12.1 Å². The van der Waals surface area contributed by atoms with Crippen LogP contribution in [0.15, 0.2) is 60.8 Å². The number of anilines is 1. The molecule has 2 rings (SSSR count). The van der Waals surface area contributed by atoms with Crippen LogP contribution in [-0.4, -0.2) is 47.6 Å². The minimum absolute atomic E-state index is 0.0186. The lowest BCUT2D eigenvalue weighted by Gasteiger charge is -2.20. The minimum atomic E-state index is -4.28. The SMILES string of the molecule is C=C(/C=C\C=C\N(CC)CCC(C)C(=O)Nc1c(C(=O)OCC)[nH]c2ccccc12)CC(F)(F)F. The van der Waals surface area contributed by atoms with E-state index >= 15 is 0 Å². The molecule has 0 aliphatic heterocycles. The summed E-state index contributed by atoms with van der Waals surface area (Å²) < 4.78 is 42.2. The first-order valence-corrected chi connectivity index (χ1v) is 11.5. The molecule has 1 aromatic heterocycles. The molecule has 0 spiro atoms. The van der Waals surface area contributed by atoms with Gasteiger partial charge in [0.25, 0.3) is 0 Å². The molecule has 0 radical (unpaired) electrons. The van der Waals surface area contributed by atoms with Crippen molar-refractivity contribution < 1.29 is 27.5 Å². The second-order valence-electron chi connectivity index (χ2n) is 8.10. The van der Waals surface area contributed by atoms with Crippen molar-refractivity contribution in [2.24, 2.45) is 5.92 Å². The second-order valence-corrected chi connectivity index (χ2v) is 8.10. The van der Waals surface area contributed by atoms with Crippen LogP contribution in [0.5, 0.6) is 0 Å². The van der Waals surface area contributed by atoms with Gasteiger partial charge in [-0.1, -0.05) is 43.9 Å². The Balaban J connectivity index is 1.99. The van der Waals surface area contributed by atoms with Crippen LogP contribution in [-0.2, 0) is 9.53 Å². The van der Waals surface area contributed by atoms with Gasteiger partial charge < -0.3 is 19.9 Å². The molecule has 2 aromatic rings. The molecule has 190 valence electrons. The Kier molecular flexibility index (Phi) is 10.2. The Morgan fingerprint density at radius 1 is 1.23 bits per heavy atom. The zero-order valence-electron chi connectivity index (χ0n) is 20.2. The summed E-state index contributed by atoms with van der Waals surface area (Å²) in [5, 5.41) is 3.59. The normalized spacial score (nSPS) is 12.9. The van der Waals surface area contributed by atoms with E-state index < -0.39 is 18.6 Å². The number of ether oxygens (including phenoxy) is 1. The monoisotopic (exact) mass is 491 g/mol. The van der Waals surface area contributed by atoms with E-state index in [1.54, 1.807) is 26.1 Å². The maximum atomic E-state index is 12.9. The summed E-state index contributed by atoms with van der Waals surface area (Å²) in [7, 11) is 0. The van der Waals surface area contributed by atoms with E-state index in [1.165, 1.54) is 12.2 Å². The smallest absolute Gasteiger partial charge is 0.393 e. The first-order chi connectivity index (χ1) is 16.6. The van der Waals surface area contributed by atoms with Crippen LogP contribution in [0.4, 0.5) is 18.9 Å². The van der Waals surface area contributed by atoms with Gasteiger partial charge in [-0.2, -0.15) is 13.2 Å². The van der Waals surface area contributed by atoms with E-state index in [0.29, 0.717) is 36.1 Å². The van der Waals surface area contributed by atoms with E-state index in [-0.39, 0.29) is 29.7 Å². The van der Waals surface area contributed by atoms with E-state index in [9.17, 15) is 22.8 Å². The standard InChI is InChI=1S/C26H32F3N3O3/c1-5-32(15-10-9-11-18(3)17-26(27,28)29)16-14-19(4)24(33)31-22-20-12-7-8-13-21(20)30-23(22)25(34)35-6-2/h7-13,15,19,30H,3,5-6,14,16-17H2,1-2,4H3,(H,31,33)/b11-9-,15-10+. The molecule has 35 heavy (non-hydrogen) atoms. The second kappa shape index (κ2) is 12.8. The van der Waals surface area contributed by atoms with Gasteiger partial charge in [0.1, 0.15) is 5.69 Å². The van der Waals surface area contributed by atoms with Gasteiger partial charge in [-0.3, -0.25) is 4.79 Å².